The zero-order chi connectivity index (χ0) is 24.2. The Morgan fingerprint density at radius 1 is 1.21 bits per heavy atom. The molecular formula is C24H28FN3O5. The predicted octanol–water partition coefficient (Wildman–Crippen LogP) is 3.99. The van der Waals surface area contributed by atoms with Crippen molar-refractivity contribution >= 4 is 29.3 Å². The first kappa shape index (κ1) is 24.0. The lowest BCUT2D eigenvalue weighted by Crippen LogP contribution is -2.37. The summed E-state index contributed by atoms with van der Waals surface area (Å²) in [6, 6.07) is 10.1. The van der Waals surface area contributed by atoms with Crippen LogP contribution in [-0.2, 0) is 20.9 Å². The van der Waals surface area contributed by atoms with Gasteiger partial charge < -0.3 is 20.1 Å². The van der Waals surface area contributed by atoms with Crippen LogP contribution in [0.3, 0.4) is 0 Å². The zero-order valence-corrected chi connectivity index (χ0v) is 19.1. The number of nitrogens with one attached hydrogen (secondary N) is 2. The van der Waals surface area contributed by atoms with Crippen LogP contribution >= 0.6 is 0 Å². The van der Waals surface area contributed by atoms with Crippen LogP contribution in [0, 0.1) is 5.82 Å². The minimum absolute atomic E-state index is 0.0609. The molecule has 1 unspecified atom stereocenters. The quantitative estimate of drug-likeness (QED) is 0.684. The van der Waals surface area contributed by atoms with Crippen LogP contribution in [0.1, 0.15) is 39.2 Å². The van der Waals surface area contributed by atoms with Gasteiger partial charge in [0.15, 0.2) is 0 Å². The highest BCUT2D eigenvalue weighted by Crippen LogP contribution is 2.29. The highest BCUT2D eigenvalue weighted by Gasteiger charge is 2.28. The molecule has 0 saturated carbocycles. The van der Waals surface area contributed by atoms with Gasteiger partial charge in [0.25, 0.3) is 0 Å². The molecule has 0 aliphatic carbocycles. The molecule has 176 valence electrons. The minimum atomic E-state index is -0.743. The number of carbonyl (C=O) groups excluding carboxylic acids is 3. The zero-order valence-electron chi connectivity index (χ0n) is 19.1. The van der Waals surface area contributed by atoms with Gasteiger partial charge in [0.2, 0.25) is 11.8 Å². The molecule has 1 saturated heterocycles. The molecule has 1 aliphatic heterocycles. The molecule has 1 aliphatic rings. The molecule has 2 N–H and O–H groups in total. The summed E-state index contributed by atoms with van der Waals surface area (Å²) >= 11 is 0. The molecule has 9 heteroatoms. The lowest BCUT2D eigenvalue weighted by molar-refractivity contribution is -0.122. The van der Waals surface area contributed by atoms with E-state index in [0.29, 0.717) is 35.5 Å². The number of ether oxygens (including phenoxy) is 2. The third kappa shape index (κ3) is 6.44. The van der Waals surface area contributed by atoms with Gasteiger partial charge in [0, 0.05) is 6.42 Å². The standard InChI is InChI=1S/C24H28FN3O5/c1-24(2,3)33-23(31)28(17-7-5-6-16(25)13-17)14-15-8-10-20(32-4)19(12-15)27-22(30)18-9-11-21(29)26-18/h5-8,10,12-13,18H,9,11,14H2,1-4H3,(H,26,29)(H,27,30). The van der Waals surface area contributed by atoms with Crippen molar-refractivity contribution in [3.8, 4) is 5.75 Å². The molecule has 0 bridgehead atoms. The van der Waals surface area contributed by atoms with Gasteiger partial charge in [-0.05, 0) is 63.1 Å². The van der Waals surface area contributed by atoms with Gasteiger partial charge in [-0.15, -0.1) is 0 Å². The molecule has 8 nitrogen and oxygen atoms in total. The summed E-state index contributed by atoms with van der Waals surface area (Å²) in [5.41, 5.74) is 0.633. The largest absolute Gasteiger partial charge is 0.495 e. The van der Waals surface area contributed by atoms with Gasteiger partial charge in [-0.2, -0.15) is 0 Å². The van der Waals surface area contributed by atoms with Gasteiger partial charge in [0.05, 0.1) is 25.0 Å². The van der Waals surface area contributed by atoms with E-state index >= 15 is 0 Å². The van der Waals surface area contributed by atoms with E-state index in [0.717, 1.165) is 0 Å². The molecule has 3 rings (SSSR count). The number of halogens is 1. The number of nitrogens with zero attached hydrogens (tertiary/aromatic N) is 1. The van der Waals surface area contributed by atoms with Crippen LogP contribution in [0.2, 0.25) is 0 Å². The molecule has 3 amide bonds. The number of rotatable bonds is 6. The molecule has 0 radical (unpaired) electrons. The molecule has 33 heavy (non-hydrogen) atoms. The fourth-order valence-corrected chi connectivity index (χ4v) is 3.39. The van der Waals surface area contributed by atoms with Gasteiger partial charge in [0.1, 0.15) is 23.2 Å². The van der Waals surface area contributed by atoms with E-state index in [2.05, 4.69) is 10.6 Å². The fourth-order valence-electron chi connectivity index (χ4n) is 3.39. The first-order valence-corrected chi connectivity index (χ1v) is 10.6. The molecule has 1 heterocycles. The molecule has 2 aromatic carbocycles. The van der Waals surface area contributed by atoms with E-state index in [1.807, 2.05) is 0 Å². The minimum Gasteiger partial charge on any atom is -0.495 e. The van der Waals surface area contributed by atoms with Crippen LogP contribution < -0.4 is 20.3 Å². The Morgan fingerprint density at radius 2 is 1.97 bits per heavy atom. The number of hydrogen-bond acceptors (Lipinski definition) is 5. The van der Waals surface area contributed by atoms with Gasteiger partial charge in [-0.25, -0.2) is 9.18 Å². The first-order chi connectivity index (χ1) is 15.6. The van der Waals surface area contributed by atoms with Crippen LogP contribution in [0.5, 0.6) is 5.75 Å². The Kier molecular flexibility index (Phi) is 7.20. The SMILES string of the molecule is COc1ccc(CN(C(=O)OC(C)(C)C)c2cccc(F)c2)cc1NC(=O)C1CCC(=O)N1. The Balaban J connectivity index is 1.87. The van der Waals surface area contributed by atoms with Crippen molar-refractivity contribution in [1.29, 1.82) is 0 Å². The summed E-state index contributed by atoms with van der Waals surface area (Å²) in [5, 5.41) is 5.41. The van der Waals surface area contributed by atoms with Crippen molar-refractivity contribution in [2.75, 3.05) is 17.3 Å². The van der Waals surface area contributed by atoms with Crippen molar-refractivity contribution in [2.45, 2.75) is 51.8 Å². The van der Waals surface area contributed by atoms with E-state index < -0.39 is 23.6 Å². The van der Waals surface area contributed by atoms with E-state index in [4.69, 9.17) is 9.47 Å². The maximum atomic E-state index is 13.9. The van der Waals surface area contributed by atoms with Crippen molar-refractivity contribution < 1.29 is 28.2 Å². The third-order valence-corrected chi connectivity index (χ3v) is 4.91. The second kappa shape index (κ2) is 9.89. The normalized spacial score (nSPS) is 15.5. The smallest absolute Gasteiger partial charge is 0.415 e. The number of amides is 3. The van der Waals surface area contributed by atoms with Crippen LogP contribution in [-0.4, -0.2) is 36.7 Å². The highest BCUT2D eigenvalue weighted by atomic mass is 19.1. The summed E-state index contributed by atoms with van der Waals surface area (Å²) < 4.78 is 24.7. The summed E-state index contributed by atoms with van der Waals surface area (Å²) in [7, 11) is 1.47. The van der Waals surface area contributed by atoms with Crippen LogP contribution in [0.15, 0.2) is 42.5 Å². The molecule has 2 aromatic rings. The lowest BCUT2D eigenvalue weighted by Gasteiger charge is -2.28. The maximum absolute atomic E-state index is 13.9. The van der Waals surface area contributed by atoms with Gasteiger partial charge in [-0.3, -0.25) is 14.5 Å². The van der Waals surface area contributed by atoms with E-state index in [1.165, 1.54) is 30.2 Å². The average Bonchev–Trinajstić information content (AvgIpc) is 3.17. The predicted molar refractivity (Wildman–Crippen MR) is 122 cm³/mol. The number of hydrogen-bond donors (Lipinski definition) is 2. The Bertz CT molecular complexity index is 1050. The highest BCUT2D eigenvalue weighted by molar-refractivity contribution is 6.00. The molecule has 0 spiro atoms. The second-order valence-corrected chi connectivity index (χ2v) is 8.73. The van der Waals surface area contributed by atoms with Gasteiger partial charge in [-0.1, -0.05) is 12.1 Å². The van der Waals surface area contributed by atoms with Crippen molar-refractivity contribution in [3.63, 3.8) is 0 Å². The molecular weight excluding hydrogens is 429 g/mol. The number of benzene rings is 2. The first-order valence-electron chi connectivity index (χ1n) is 10.6. The number of anilines is 2. The maximum Gasteiger partial charge on any atom is 0.415 e. The van der Waals surface area contributed by atoms with Crippen molar-refractivity contribution in [1.82, 2.24) is 5.32 Å². The number of carbonyl (C=O) groups is 3. The second-order valence-electron chi connectivity index (χ2n) is 8.73. The van der Waals surface area contributed by atoms with Gasteiger partial charge >= 0.3 is 6.09 Å². The summed E-state index contributed by atoms with van der Waals surface area (Å²) in [5.74, 6) is -0.585. The third-order valence-electron chi connectivity index (χ3n) is 4.91. The average molecular weight is 458 g/mol. The van der Waals surface area contributed by atoms with E-state index in [9.17, 15) is 18.8 Å². The number of methoxy groups -OCH3 is 1. The Hall–Kier alpha value is -3.62. The lowest BCUT2D eigenvalue weighted by atomic mass is 10.1. The molecule has 0 aromatic heterocycles. The van der Waals surface area contributed by atoms with E-state index in [1.54, 1.807) is 45.0 Å². The fraction of sp³-hybridized carbons (Fsp3) is 0.375. The Labute approximate surface area is 192 Å². The molecule has 1 fully saturated rings. The summed E-state index contributed by atoms with van der Waals surface area (Å²) in [6.07, 6.45) is 0.0787. The van der Waals surface area contributed by atoms with Crippen molar-refractivity contribution in [2.24, 2.45) is 0 Å². The molecule has 1 atom stereocenters. The van der Waals surface area contributed by atoms with Crippen LogP contribution in [0.4, 0.5) is 20.6 Å². The van der Waals surface area contributed by atoms with Crippen LogP contribution in [0.25, 0.3) is 0 Å². The van der Waals surface area contributed by atoms with E-state index in [-0.39, 0.29) is 18.4 Å². The Morgan fingerprint density at radius 3 is 2.58 bits per heavy atom. The summed E-state index contributed by atoms with van der Waals surface area (Å²) in [6.45, 7) is 5.30. The summed E-state index contributed by atoms with van der Waals surface area (Å²) in [4.78, 5) is 38.2. The topological polar surface area (TPSA) is 97.0 Å². The van der Waals surface area contributed by atoms with Crippen molar-refractivity contribution in [3.05, 3.63) is 53.8 Å². The monoisotopic (exact) mass is 457 g/mol.